The summed E-state index contributed by atoms with van der Waals surface area (Å²) in [6.45, 7) is 0.872. The zero-order valence-corrected chi connectivity index (χ0v) is 13.6. The molecule has 0 saturated carbocycles. The second kappa shape index (κ2) is 5.84. The van der Waals surface area contributed by atoms with E-state index < -0.39 is 0 Å². The van der Waals surface area contributed by atoms with E-state index in [0.29, 0.717) is 5.02 Å². The van der Waals surface area contributed by atoms with Crippen LogP contribution in [0.15, 0.2) is 42.5 Å². The monoisotopic (exact) mass is 372 g/mol. The lowest BCUT2D eigenvalue weighted by Crippen LogP contribution is -2.15. The number of halogens is 3. The van der Waals surface area contributed by atoms with E-state index in [1.165, 1.54) is 12.1 Å². The van der Waals surface area contributed by atoms with Crippen LogP contribution in [0.2, 0.25) is 5.02 Å². The summed E-state index contributed by atoms with van der Waals surface area (Å²) in [5.74, 6) is -0.325. The van der Waals surface area contributed by atoms with Crippen LogP contribution in [0.25, 0.3) is 0 Å². The lowest BCUT2D eigenvalue weighted by Gasteiger charge is -2.19. The van der Waals surface area contributed by atoms with E-state index in [9.17, 15) is 4.39 Å². The van der Waals surface area contributed by atoms with Crippen molar-refractivity contribution in [3.63, 3.8) is 0 Å². The molecule has 0 saturated heterocycles. The SMILES string of the molecule is Fc1ccc(N2SN(CCBr)c3ccccc32)c(Cl)c1. The molecule has 0 amide bonds. The van der Waals surface area contributed by atoms with Crippen LogP contribution >= 0.6 is 39.7 Å². The van der Waals surface area contributed by atoms with Gasteiger partial charge in [-0.2, -0.15) is 0 Å². The summed E-state index contributed by atoms with van der Waals surface area (Å²) in [7, 11) is 0. The topological polar surface area (TPSA) is 6.48 Å². The number of para-hydroxylation sites is 2. The average Bonchev–Trinajstić information content (AvgIpc) is 2.79. The van der Waals surface area contributed by atoms with Crippen molar-refractivity contribution in [3.8, 4) is 0 Å². The molecule has 0 radical (unpaired) electrons. The highest BCUT2D eigenvalue weighted by Gasteiger charge is 2.29. The van der Waals surface area contributed by atoms with Crippen LogP contribution in [0.3, 0.4) is 0 Å². The van der Waals surface area contributed by atoms with Crippen molar-refractivity contribution in [2.45, 2.75) is 0 Å². The van der Waals surface area contributed by atoms with Crippen LogP contribution in [0, 0.1) is 5.82 Å². The van der Waals surface area contributed by atoms with Crippen molar-refractivity contribution in [2.24, 2.45) is 0 Å². The second-order valence-electron chi connectivity index (χ2n) is 4.25. The van der Waals surface area contributed by atoms with Crippen molar-refractivity contribution in [2.75, 3.05) is 20.5 Å². The van der Waals surface area contributed by atoms with Gasteiger partial charge in [0.15, 0.2) is 0 Å². The molecule has 1 aliphatic heterocycles. The highest BCUT2D eigenvalue weighted by Crippen LogP contribution is 2.50. The number of fused-ring (bicyclic) bond motifs is 1. The Hall–Kier alpha value is -0.910. The van der Waals surface area contributed by atoms with Gasteiger partial charge in [-0.1, -0.05) is 39.7 Å². The average molecular weight is 374 g/mol. The molecule has 2 aromatic carbocycles. The number of rotatable bonds is 3. The molecule has 0 unspecified atom stereocenters. The highest BCUT2D eigenvalue weighted by molar-refractivity contribution is 9.09. The Balaban J connectivity index is 2.03. The lowest BCUT2D eigenvalue weighted by molar-refractivity contribution is 0.628. The minimum Gasteiger partial charge on any atom is -0.295 e. The van der Waals surface area contributed by atoms with Crippen LogP contribution in [-0.4, -0.2) is 11.9 Å². The first-order valence-electron chi connectivity index (χ1n) is 6.06. The summed E-state index contributed by atoms with van der Waals surface area (Å²) >= 11 is 11.2. The number of hydrogen-bond donors (Lipinski definition) is 0. The predicted molar refractivity (Wildman–Crippen MR) is 88.7 cm³/mol. The van der Waals surface area contributed by atoms with Gasteiger partial charge in [0.05, 0.1) is 34.2 Å². The molecule has 0 bridgehead atoms. The lowest BCUT2D eigenvalue weighted by atomic mass is 10.2. The molecular weight excluding hydrogens is 363 g/mol. The zero-order chi connectivity index (χ0) is 14.1. The van der Waals surface area contributed by atoms with Gasteiger partial charge in [-0.25, -0.2) is 4.39 Å². The normalized spacial score (nSPS) is 13.8. The predicted octanol–water partition coefficient (Wildman–Crippen LogP) is 5.40. The first kappa shape index (κ1) is 14.0. The Morgan fingerprint density at radius 2 is 1.85 bits per heavy atom. The number of benzene rings is 2. The van der Waals surface area contributed by atoms with E-state index in [1.807, 2.05) is 22.5 Å². The van der Waals surface area contributed by atoms with Crippen LogP contribution in [-0.2, 0) is 0 Å². The number of alkyl halides is 1. The molecule has 0 aliphatic carbocycles. The summed E-state index contributed by atoms with van der Waals surface area (Å²) in [6.07, 6.45) is 0. The van der Waals surface area contributed by atoms with Gasteiger partial charge in [-0.15, -0.1) is 0 Å². The molecule has 0 fully saturated rings. The van der Waals surface area contributed by atoms with E-state index in [1.54, 1.807) is 18.2 Å². The number of hydrogen-bond acceptors (Lipinski definition) is 3. The van der Waals surface area contributed by atoms with Crippen molar-refractivity contribution in [1.82, 2.24) is 0 Å². The summed E-state index contributed by atoms with van der Waals surface area (Å²) in [6, 6.07) is 12.6. The smallest absolute Gasteiger partial charge is 0.124 e. The van der Waals surface area contributed by atoms with E-state index in [2.05, 4.69) is 26.3 Å². The molecule has 0 N–H and O–H groups in total. The van der Waals surface area contributed by atoms with Crippen molar-refractivity contribution in [1.29, 1.82) is 0 Å². The molecule has 1 aliphatic rings. The molecule has 0 spiro atoms. The molecule has 20 heavy (non-hydrogen) atoms. The third kappa shape index (κ3) is 2.50. The van der Waals surface area contributed by atoms with Crippen LogP contribution < -0.4 is 8.61 Å². The van der Waals surface area contributed by atoms with Gasteiger partial charge in [-0.05, 0) is 30.3 Å². The van der Waals surface area contributed by atoms with Crippen molar-refractivity contribution in [3.05, 3.63) is 53.3 Å². The molecule has 2 aromatic rings. The molecule has 1 heterocycles. The van der Waals surface area contributed by atoms with Crippen LogP contribution in [0.5, 0.6) is 0 Å². The molecule has 2 nitrogen and oxygen atoms in total. The zero-order valence-electron chi connectivity index (χ0n) is 10.4. The molecule has 104 valence electrons. The van der Waals surface area contributed by atoms with Gasteiger partial charge in [0.1, 0.15) is 5.82 Å². The third-order valence-corrected chi connectivity index (χ3v) is 4.76. The van der Waals surface area contributed by atoms with Crippen LogP contribution in [0.4, 0.5) is 21.5 Å². The maximum atomic E-state index is 13.2. The van der Waals surface area contributed by atoms with Crippen molar-refractivity contribution < 1.29 is 4.39 Å². The quantitative estimate of drug-likeness (QED) is 0.526. The minimum atomic E-state index is -0.325. The number of anilines is 3. The van der Waals surface area contributed by atoms with Crippen molar-refractivity contribution >= 4 is 56.7 Å². The Labute approximate surface area is 134 Å². The van der Waals surface area contributed by atoms with E-state index in [4.69, 9.17) is 11.6 Å². The van der Waals surface area contributed by atoms with E-state index >= 15 is 0 Å². The molecule has 0 aromatic heterocycles. The molecule has 3 rings (SSSR count). The van der Waals surface area contributed by atoms with Gasteiger partial charge >= 0.3 is 0 Å². The van der Waals surface area contributed by atoms with Gasteiger partial charge in [0, 0.05) is 11.9 Å². The molecule has 0 atom stereocenters. The molecular formula is C14H11BrClFN2S. The summed E-state index contributed by atoms with van der Waals surface area (Å²) < 4.78 is 17.4. The molecule has 6 heteroatoms. The van der Waals surface area contributed by atoms with Crippen LogP contribution in [0.1, 0.15) is 0 Å². The number of nitrogens with zero attached hydrogens (tertiary/aromatic N) is 2. The third-order valence-electron chi connectivity index (χ3n) is 2.97. The standard InChI is InChI=1S/C14H11BrClFN2S/c15-7-8-18-13-3-1-2-4-14(13)19(20-18)12-6-5-10(17)9-11(12)16/h1-6,9H,7-8H2. The largest absolute Gasteiger partial charge is 0.295 e. The maximum absolute atomic E-state index is 13.2. The fraction of sp³-hybridized carbons (Fsp3) is 0.143. The Morgan fingerprint density at radius 1 is 1.10 bits per heavy atom. The minimum absolute atomic E-state index is 0.325. The second-order valence-corrected chi connectivity index (χ2v) is 6.42. The van der Waals surface area contributed by atoms with Gasteiger partial charge in [0.25, 0.3) is 0 Å². The van der Waals surface area contributed by atoms with E-state index in [-0.39, 0.29) is 5.82 Å². The fourth-order valence-electron chi connectivity index (χ4n) is 2.09. The van der Waals surface area contributed by atoms with Gasteiger partial charge in [0.2, 0.25) is 0 Å². The first-order valence-corrected chi connectivity index (χ1v) is 8.29. The summed E-state index contributed by atoms with van der Waals surface area (Å²) in [5.41, 5.74) is 2.99. The van der Waals surface area contributed by atoms with E-state index in [0.717, 1.165) is 28.9 Å². The summed E-state index contributed by atoms with van der Waals surface area (Å²) in [5, 5.41) is 1.28. The Morgan fingerprint density at radius 3 is 2.55 bits per heavy atom. The first-order chi connectivity index (χ1) is 9.70. The Kier molecular flexibility index (Phi) is 4.10. The maximum Gasteiger partial charge on any atom is 0.124 e. The fourth-order valence-corrected chi connectivity index (χ4v) is 4.08. The van der Waals surface area contributed by atoms with Gasteiger partial charge < -0.3 is 0 Å². The van der Waals surface area contributed by atoms with Gasteiger partial charge in [-0.3, -0.25) is 8.61 Å². The summed E-state index contributed by atoms with van der Waals surface area (Å²) in [4.78, 5) is 0. The Bertz CT molecular complexity index is 640. The highest BCUT2D eigenvalue weighted by atomic mass is 79.9.